The van der Waals surface area contributed by atoms with Gasteiger partial charge >= 0.3 is 0 Å². The van der Waals surface area contributed by atoms with E-state index in [1.165, 1.54) is 0 Å². The van der Waals surface area contributed by atoms with Crippen molar-refractivity contribution in [3.05, 3.63) is 28.8 Å². The molecular formula is C8H9F3N2O. The molecule has 1 aromatic rings. The van der Waals surface area contributed by atoms with Crippen LogP contribution in [0.4, 0.5) is 13.2 Å². The zero-order valence-electron chi connectivity index (χ0n) is 7.17. The number of hydrogen-bond acceptors (Lipinski definition) is 3. The lowest BCUT2D eigenvalue weighted by Crippen LogP contribution is -2.10. The molecule has 0 atom stereocenters. The topological polar surface area (TPSA) is 59.1 Å². The van der Waals surface area contributed by atoms with Crippen LogP contribution in [0.3, 0.4) is 0 Å². The second-order valence-corrected chi connectivity index (χ2v) is 2.62. The van der Waals surface area contributed by atoms with E-state index < -0.39 is 24.4 Å². The number of aliphatic hydroxyl groups excluding tert-OH is 1. The third-order valence-corrected chi connectivity index (χ3v) is 1.82. The molecule has 0 aliphatic rings. The van der Waals surface area contributed by atoms with E-state index in [0.29, 0.717) is 6.20 Å². The van der Waals surface area contributed by atoms with Crippen molar-refractivity contribution in [1.82, 2.24) is 4.98 Å². The Morgan fingerprint density at radius 2 is 2.14 bits per heavy atom. The molecule has 6 heteroatoms. The first kappa shape index (κ1) is 10.9. The van der Waals surface area contributed by atoms with Crippen LogP contribution in [0.5, 0.6) is 0 Å². The highest BCUT2D eigenvalue weighted by atomic mass is 19.3. The number of rotatable bonds is 3. The van der Waals surface area contributed by atoms with Gasteiger partial charge in [0.25, 0.3) is 6.43 Å². The maximum atomic E-state index is 13.3. The molecule has 1 rings (SSSR count). The Balaban J connectivity index is 3.27. The van der Waals surface area contributed by atoms with Crippen LogP contribution < -0.4 is 5.73 Å². The van der Waals surface area contributed by atoms with Gasteiger partial charge in [-0.05, 0) is 0 Å². The Labute approximate surface area is 78.4 Å². The summed E-state index contributed by atoms with van der Waals surface area (Å²) in [6.07, 6.45) is -2.22. The summed E-state index contributed by atoms with van der Waals surface area (Å²) in [4.78, 5) is 3.50. The van der Waals surface area contributed by atoms with Gasteiger partial charge in [0, 0.05) is 18.3 Å². The van der Waals surface area contributed by atoms with Gasteiger partial charge in [0.2, 0.25) is 0 Å². The molecule has 1 aromatic heterocycles. The fourth-order valence-corrected chi connectivity index (χ4v) is 1.08. The summed E-state index contributed by atoms with van der Waals surface area (Å²) in [5.41, 5.74) is 4.20. The largest absolute Gasteiger partial charge is 0.390 e. The van der Waals surface area contributed by atoms with E-state index in [-0.39, 0.29) is 17.8 Å². The first-order valence-electron chi connectivity index (χ1n) is 3.87. The zero-order valence-corrected chi connectivity index (χ0v) is 7.17. The molecule has 3 nitrogen and oxygen atoms in total. The van der Waals surface area contributed by atoms with Crippen molar-refractivity contribution in [3.8, 4) is 0 Å². The number of nitrogens with two attached hydrogens (primary N) is 1. The van der Waals surface area contributed by atoms with E-state index in [1.807, 2.05) is 0 Å². The Morgan fingerprint density at radius 3 is 2.57 bits per heavy atom. The summed E-state index contributed by atoms with van der Waals surface area (Å²) in [5, 5.41) is 8.73. The minimum absolute atomic E-state index is 0.00519. The summed E-state index contributed by atoms with van der Waals surface area (Å²) in [7, 11) is 0. The van der Waals surface area contributed by atoms with Crippen LogP contribution >= 0.6 is 0 Å². The molecule has 78 valence electrons. The molecule has 0 unspecified atom stereocenters. The smallest absolute Gasteiger partial charge is 0.268 e. The molecule has 0 radical (unpaired) electrons. The average Bonchev–Trinajstić information content (AvgIpc) is 2.16. The van der Waals surface area contributed by atoms with E-state index in [0.717, 1.165) is 0 Å². The van der Waals surface area contributed by atoms with Crippen LogP contribution in [0.1, 0.15) is 23.2 Å². The summed E-state index contributed by atoms with van der Waals surface area (Å²) >= 11 is 0. The van der Waals surface area contributed by atoms with Crippen molar-refractivity contribution >= 4 is 0 Å². The molecule has 3 N–H and O–H groups in total. The number of pyridine rings is 1. The Kier molecular flexibility index (Phi) is 3.43. The first-order chi connectivity index (χ1) is 6.61. The summed E-state index contributed by atoms with van der Waals surface area (Å²) in [5.74, 6) is -1.08. The third-order valence-electron chi connectivity index (χ3n) is 1.82. The second-order valence-electron chi connectivity index (χ2n) is 2.62. The first-order valence-corrected chi connectivity index (χ1v) is 3.87. The molecule has 0 saturated carbocycles. The maximum absolute atomic E-state index is 13.3. The van der Waals surface area contributed by atoms with Crippen molar-refractivity contribution in [3.63, 3.8) is 0 Å². The lowest BCUT2D eigenvalue weighted by Gasteiger charge is -2.09. The Morgan fingerprint density at radius 1 is 1.50 bits per heavy atom. The van der Waals surface area contributed by atoms with Crippen LogP contribution in [0.15, 0.2) is 6.20 Å². The van der Waals surface area contributed by atoms with E-state index in [4.69, 9.17) is 10.8 Å². The highest BCUT2D eigenvalue weighted by molar-refractivity contribution is 5.28. The van der Waals surface area contributed by atoms with Crippen molar-refractivity contribution in [2.45, 2.75) is 19.6 Å². The van der Waals surface area contributed by atoms with Crippen molar-refractivity contribution < 1.29 is 18.3 Å². The van der Waals surface area contributed by atoms with Gasteiger partial charge in [-0.3, -0.25) is 4.98 Å². The molecule has 0 bridgehead atoms. The molecule has 0 aliphatic heterocycles. The minimum atomic E-state index is -2.93. The van der Waals surface area contributed by atoms with E-state index >= 15 is 0 Å². The number of halogens is 3. The van der Waals surface area contributed by atoms with Gasteiger partial charge in [0.1, 0.15) is 5.82 Å². The fraction of sp³-hybridized carbons (Fsp3) is 0.375. The van der Waals surface area contributed by atoms with Crippen LogP contribution in [0.2, 0.25) is 0 Å². The minimum Gasteiger partial charge on any atom is -0.390 e. The number of hydrogen-bond donors (Lipinski definition) is 2. The van der Waals surface area contributed by atoms with Crippen molar-refractivity contribution in [1.29, 1.82) is 0 Å². The molecular weight excluding hydrogens is 197 g/mol. The standard InChI is InChI=1S/C8H9F3N2O/c9-7-4(1-12)6(3-14)13-2-5(7)8(10)11/h2,8,14H,1,3,12H2. The van der Waals surface area contributed by atoms with Gasteiger partial charge in [-0.1, -0.05) is 0 Å². The van der Waals surface area contributed by atoms with Crippen molar-refractivity contribution in [2.75, 3.05) is 0 Å². The predicted octanol–water partition coefficient (Wildman–Crippen LogP) is 1.11. The molecule has 0 fully saturated rings. The number of alkyl halides is 2. The van der Waals surface area contributed by atoms with Gasteiger partial charge in [0.05, 0.1) is 17.9 Å². The number of aromatic nitrogens is 1. The van der Waals surface area contributed by atoms with Crippen molar-refractivity contribution in [2.24, 2.45) is 5.73 Å². The van der Waals surface area contributed by atoms with Crippen LogP contribution in [-0.4, -0.2) is 10.1 Å². The molecule has 14 heavy (non-hydrogen) atoms. The SMILES string of the molecule is NCc1c(CO)ncc(C(F)F)c1F. The molecule has 0 amide bonds. The molecule has 0 saturated heterocycles. The Bertz CT molecular complexity index is 331. The zero-order chi connectivity index (χ0) is 10.7. The van der Waals surface area contributed by atoms with Crippen LogP contribution in [-0.2, 0) is 13.2 Å². The highest BCUT2D eigenvalue weighted by Crippen LogP contribution is 2.24. The predicted molar refractivity (Wildman–Crippen MR) is 43.0 cm³/mol. The molecule has 0 aliphatic carbocycles. The lowest BCUT2D eigenvalue weighted by molar-refractivity contribution is 0.145. The van der Waals surface area contributed by atoms with E-state index in [1.54, 1.807) is 0 Å². The van der Waals surface area contributed by atoms with Gasteiger partial charge in [-0.2, -0.15) is 0 Å². The van der Waals surface area contributed by atoms with Gasteiger partial charge < -0.3 is 10.8 Å². The molecule has 1 heterocycles. The summed E-state index contributed by atoms with van der Waals surface area (Å²) in [6.45, 7) is -0.789. The van der Waals surface area contributed by atoms with Crippen LogP contribution in [0.25, 0.3) is 0 Å². The second kappa shape index (κ2) is 4.39. The molecule has 0 spiro atoms. The number of nitrogens with zero attached hydrogens (tertiary/aromatic N) is 1. The van der Waals surface area contributed by atoms with Gasteiger partial charge in [-0.15, -0.1) is 0 Å². The average molecular weight is 206 g/mol. The lowest BCUT2D eigenvalue weighted by atomic mass is 10.1. The Hall–Kier alpha value is -1.14. The van der Waals surface area contributed by atoms with Gasteiger partial charge in [0.15, 0.2) is 0 Å². The number of aliphatic hydroxyl groups is 1. The fourth-order valence-electron chi connectivity index (χ4n) is 1.08. The van der Waals surface area contributed by atoms with Gasteiger partial charge in [-0.25, -0.2) is 13.2 Å². The normalized spacial score (nSPS) is 11.0. The maximum Gasteiger partial charge on any atom is 0.268 e. The van der Waals surface area contributed by atoms with Crippen LogP contribution in [0, 0.1) is 5.82 Å². The monoisotopic (exact) mass is 206 g/mol. The molecule has 0 aromatic carbocycles. The van der Waals surface area contributed by atoms with E-state index in [9.17, 15) is 13.2 Å². The highest BCUT2D eigenvalue weighted by Gasteiger charge is 2.19. The quantitative estimate of drug-likeness (QED) is 0.778. The van der Waals surface area contributed by atoms with E-state index in [2.05, 4.69) is 4.98 Å². The summed E-state index contributed by atoms with van der Waals surface area (Å²) in [6, 6.07) is 0. The third kappa shape index (κ3) is 1.85. The summed E-state index contributed by atoms with van der Waals surface area (Å²) < 4.78 is 37.7.